The predicted molar refractivity (Wildman–Crippen MR) is 133 cm³/mol. The first kappa shape index (κ1) is 27.1. The van der Waals surface area contributed by atoms with Crippen molar-refractivity contribution >= 4 is 41.5 Å². The predicted octanol–water partition coefficient (Wildman–Crippen LogP) is 2.88. The molecule has 194 valence electrons. The summed E-state index contributed by atoms with van der Waals surface area (Å²) in [5, 5.41) is 0. The van der Waals surface area contributed by atoms with Crippen LogP contribution in [0.3, 0.4) is 0 Å². The van der Waals surface area contributed by atoms with Crippen LogP contribution in [-0.4, -0.2) is 50.2 Å². The number of rotatable bonds is 7. The van der Waals surface area contributed by atoms with Gasteiger partial charge in [-0.05, 0) is 62.7 Å². The summed E-state index contributed by atoms with van der Waals surface area (Å²) in [6, 6.07) is 0. The molecule has 4 fully saturated rings. The Bertz CT molecular complexity index is 975. The quantitative estimate of drug-likeness (QED) is 0.538. The number of aryl methyl sites for hydroxylation is 1. The molecule has 0 aromatic carbocycles. The molecular formula is C24H37ClN6O4. The third-order valence-corrected chi connectivity index (χ3v) is 7.29. The van der Waals surface area contributed by atoms with Crippen LogP contribution in [0.4, 0.5) is 5.95 Å². The molecule has 0 atom stereocenters. The monoisotopic (exact) mass is 508 g/mol. The van der Waals surface area contributed by atoms with Crippen molar-refractivity contribution in [1.82, 2.24) is 19.5 Å². The van der Waals surface area contributed by atoms with Crippen LogP contribution in [0.15, 0.2) is 12.5 Å². The van der Waals surface area contributed by atoms with Crippen molar-refractivity contribution in [2.24, 2.45) is 29.4 Å². The molecule has 4 saturated carbocycles. The van der Waals surface area contributed by atoms with Gasteiger partial charge in [-0.25, -0.2) is 9.97 Å². The number of anilines is 1. The van der Waals surface area contributed by atoms with Crippen LogP contribution < -0.4 is 11.5 Å². The van der Waals surface area contributed by atoms with Crippen LogP contribution >= 0.6 is 12.4 Å². The Hall–Kier alpha value is -2.46. The van der Waals surface area contributed by atoms with Crippen molar-refractivity contribution in [1.29, 1.82) is 0 Å². The number of nitrogens with zero attached hydrogens (tertiary/aromatic N) is 4. The number of fused-ring (bicyclic) bond motifs is 1. The maximum Gasteiger partial charge on any atom is 0.302 e. The summed E-state index contributed by atoms with van der Waals surface area (Å²) in [5.41, 5.74) is 13.5. The number of nitrogens with two attached hydrogens (primary N) is 2. The lowest BCUT2D eigenvalue weighted by Gasteiger charge is -2.55. The SMILES string of the molecule is CC(=O)OCC(CCn1cnc2cnc(N)nc21)COC(C)=O.Cl.NC12CC3CC(CC(C3)C1)C2. The number of carbonyl (C=O) groups is 2. The molecule has 0 unspecified atom stereocenters. The van der Waals surface area contributed by atoms with E-state index in [-0.39, 0.29) is 49.4 Å². The maximum absolute atomic E-state index is 11.0. The lowest BCUT2D eigenvalue weighted by atomic mass is 9.53. The van der Waals surface area contributed by atoms with Crippen molar-refractivity contribution in [2.45, 2.75) is 70.9 Å². The first-order chi connectivity index (χ1) is 16.2. The van der Waals surface area contributed by atoms with Crippen LogP contribution in [0.2, 0.25) is 0 Å². The zero-order chi connectivity index (χ0) is 24.3. The molecule has 4 N–H and O–H groups in total. The number of imidazole rings is 1. The van der Waals surface area contributed by atoms with Gasteiger partial charge in [-0.15, -0.1) is 12.4 Å². The summed E-state index contributed by atoms with van der Waals surface area (Å²) < 4.78 is 11.9. The Morgan fingerprint density at radius 2 is 1.60 bits per heavy atom. The van der Waals surface area contributed by atoms with E-state index in [2.05, 4.69) is 15.0 Å². The molecule has 0 spiro atoms. The number of hydrogen-bond donors (Lipinski definition) is 2. The lowest BCUT2D eigenvalue weighted by molar-refractivity contribution is -0.146. The number of esters is 2. The van der Waals surface area contributed by atoms with E-state index in [1.54, 1.807) is 12.5 Å². The summed E-state index contributed by atoms with van der Waals surface area (Å²) in [7, 11) is 0. The highest BCUT2D eigenvalue weighted by Crippen LogP contribution is 2.54. The van der Waals surface area contributed by atoms with E-state index >= 15 is 0 Å². The fourth-order valence-corrected chi connectivity index (χ4v) is 6.22. The van der Waals surface area contributed by atoms with E-state index in [1.165, 1.54) is 52.4 Å². The summed E-state index contributed by atoms with van der Waals surface area (Å²) >= 11 is 0. The smallest absolute Gasteiger partial charge is 0.302 e. The highest BCUT2D eigenvalue weighted by atomic mass is 35.5. The van der Waals surface area contributed by atoms with E-state index in [4.69, 9.17) is 20.9 Å². The normalized spacial score (nSPS) is 26.1. The second-order valence-corrected chi connectivity index (χ2v) is 10.4. The van der Waals surface area contributed by atoms with Gasteiger partial charge in [0.05, 0.1) is 25.7 Å². The highest BCUT2D eigenvalue weighted by Gasteiger charge is 2.48. The third kappa shape index (κ3) is 7.27. The molecule has 0 radical (unpaired) electrons. The van der Waals surface area contributed by atoms with E-state index < -0.39 is 0 Å². The van der Waals surface area contributed by atoms with Gasteiger partial charge in [0.25, 0.3) is 0 Å². The molecule has 11 heteroatoms. The maximum atomic E-state index is 11.0. The fourth-order valence-electron chi connectivity index (χ4n) is 6.22. The molecule has 0 saturated heterocycles. The summed E-state index contributed by atoms with van der Waals surface area (Å²) in [6.45, 7) is 3.62. The average molecular weight is 509 g/mol. The summed E-state index contributed by atoms with van der Waals surface area (Å²) in [6.07, 6.45) is 12.4. The van der Waals surface area contributed by atoms with Gasteiger partial charge in [0.2, 0.25) is 5.95 Å². The number of nitrogen functional groups attached to an aromatic ring is 1. The van der Waals surface area contributed by atoms with Crippen molar-refractivity contribution in [2.75, 3.05) is 18.9 Å². The van der Waals surface area contributed by atoms with Gasteiger partial charge < -0.3 is 25.5 Å². The largest absolute Gasteiger partial charge is 0.465 e. The Morgan fingerprint density at radius 1 is 1.06 bits per heavy atom. The van der Waals surface area contributed by atoms with Crippen molar-refractivity contribution < 1.29 is 19.1 Å². The molecule has 4 aliphatic rings. The van der Waals surface area contributed by atoms with E-state index in [0.29, 0.717) is 29.7 Å². The van der Waals surface area contributed by atoms with E-state index in [9.17, 15) is 9.59 Å². The number of halogens is 1. The van der Waals surface area contributed by atoms with Gasteiger partial charge in [-0.3, -0.25) is 9.59 Å². The van der Waals surface area contributed by atoms with Crippen LogP contribution in [0.25, 0.3) is 11.2 Å². The van der Waals surface area contributed by atoms with Crippen LogP contribution in [0.1, 0.15) is 58.8 Å². The number of carbonyl (C=O) groups excluding carboxylic acids is 2. The standard InChI is InChI=1S/C14H19N5O4.C10H17N.ClH/c1-9(20)22-6-11(7-23-10(2)21)3-4-19-8-17-12-5-16-14(15)18-13(12)19;11-10-4-7-1-8(5-10)3-9(2-7)6-10;/h5,8,11H,3-4,6-7H2,1-2H3,(H2,15,16,18);7-9H,1-6,11H2;1H. The Morgan fingerprint density at radius 3 is 2.09 bits per heavy atom. The average Bonchev–Trinajstić information content (AvgIpc) is 3.13. The first-order valence-corrected chi connectivity index (χ1v) is 12.2. The lowest BCUT2D eigenvalue weighted by Crippen LogP contribution is -2.55. The Labute approximate surface area is 211 Å². The molecule has 2 aromatic rings. The third-order valence-electron chi connectivity index (χ3n) is 7.29. The van der Waals surface area contributed by atoms with Crippen molar-refractivity contribution in [3.8, 4) is 0 Å². The minimum Gasteiger partial charge on any atom is -0.465 e. The molecule has 10 nitrogen and oxygen atoms in total. The molecule has 0 aliphatic heterocycles. The molecular weight excluding hydrogens is 472 g/mol. The zero-order valence-electron chi connectivity index (χ0n) is 20.5. The van der Waals surface area contributed by atoms with Crippen molar-refractivity contribution in [3.63, 3.8) is 0 Å². The van der Waals surface area contributed by atoms with Crippen LogP contribution in [0, 0.1) is 23.7 Å². The number of hydrogen-bond acceptors (Lipinski definition) is 9. The van der Waals surface area contributed by atoms with Crippen LogP contribution in [0.5, 0.6) is 0 Å². The highest BCUT2D eigenvalue weighted by molar-refractivity contribution is 5.85. The summed E-state index contributed by atoms with van der Waals surface area (Å²) in [5.74, 6) is 2.39. The topological polar surface area (TPSA) is 148 Å². The van der Waals surface area contributed by atoms with Gasteiger partial charge in [0, 0.05) is 31.8 Å². The molecule has 0 amide bonds. The Kier molecular flexibility index (Phi) is 8.93. The molecule has 4 bridgehead atoms. The molecule has 4 aliphatic carbocycles. The van der Waals surface area contributed by atoms with E-state index in [1.807, 2.05) is 4.57 Å². The molecule has 35 heavy (non-hydrogen) atoms. The Balaban J connectivity index is 0.000000235. The molecule has 2 aromatic heterocycles. The molecule has 6 rings (SSSR count). The zero-order valence-corrected chi connectivity index (χ0v) is 21.3. The van der Waals surface area contributed by atoms with Gasteiger partial charge >= 0.3 is 11.9 Å². The minimum atomic E-state index is -0.369. The van der Waals surface area contributed by atoms with Crippen molar-refractivity contribution in [3.05, 3.63) is 12.5 Å². The minimum absolute atomic E-state index is 0. The fraction of sp³-hybridized carbons (Fsp3) is 0.708. The van der Waals surface area contributed by atoms with E-state index in [0.717, 1.165) is 17.8 Å². The second kappa shape index (κ2) is 11.5. The van der Waals surface area contributed by atoms with Gasteiger partial charge in [0.1, 0.15) is 5.52 Å². The first-order valence-electron chi connectivity index (χ1n) is 12.2. The van der Waals surface area contributed by atoms with Gasteiger partial charge in [0.15, 0.2) is 5.65 Å². The van der Waals surface area contributed by atoms with Crippen LogP contribution in [-0.2, 0) is 25.6 Å². The number of ether oxygens (including phenoxy) is 2. The second-order valence-electron chi connectivity index (χ2n) is 10.4. The number of aromatic nitrogens is 4. The molecule has 2 heterocycles. The van der Waals surface area contributed by atoms with Gasteiger partial charge in [-0.1, -0.05) is 0 Å². The van der Waals surface area contributed by atoms with Gasteiger partial charge in [-0.2, -0.15) is 4.98 Å². The summed E-state index contributed by atoms with van der Waals surface area (Å²) in [4.78, 5) is 34.2.